The van der Waals surface area contributed by atoms with Crippen LogP contribution in [0.2, 0.25) is 0 Å². The Kier molecular flexibility index (Phi) is 4.38. The first-order chi connectivity index (χ1) is 8.52. The van der Waals surface area contributed by atoms with Crippen LogP contribution in [0, 0.1) is 11.3 Å². The number of carbonyl (C=O) groups excluding carboxylic acids is 1. The zero-order valence-corrected chi connectivity index (χ0v) is 9.74. The molecule has 0 bridgehead atoms. The van der Waals surface area contributed by atoms with Crippen molar-refractivity contribution in [3.63, 3.8) is 0 Å². The summed E-state index contributed by atoms with van der Waals surface area (Å²) in [6, 6.07) is 0. The zero-order chi connectivity index (χ0) is 14.9. The van der Waals surface area contributed by atoms with E-state index in [0.717, 1.165) is 0 Å². The summed E-state index contributed by atoms with van der Waals surface area (Å²) in [5, 5.41) is 10.4. The Balaban J connectivity index is 2.64. The van der Waals surface area contributed by atoms with Gasteiger partial charge >= 0.3 is 12.4 Å². The molecule has 2 N–H and O–H groups in total. The van der Waals surface area contributed by atoms with E-state index in [1.54, 1.807) is 5.32 Å². The maximum atomic E-state index is 12.2. The van der Waals surface area contributed by atoms with E-state index in [1.807, 2.05) is 0 Å². The topological polar surface area (TPSA) is 49.3 Å². The summed E-state index contributed by atoms with van der Waals surface area (Å²) in [6.07, 6.45) is -9.96. The van der Waals surface area contributed by atoms with Gasteiger partial charge in [-0.2, -0.15) is 26.3 Å². The van der Waals surface area contributed by atoms with Crippen LogP contribution in [0.1, 0.15) is 19.3 Å². The molecule has 1 saturated carbocycles. The molecule has 1 aliphatic rings. The quantitative estimate of drug-likeness (QED) is 0.762. The lowest BCUT2D eigenvalue weighted by molar-refractivity contribution is -0.274. The van der Waals surface area contributed by atoms with Crippen molar-refractivity contribution >= 4 is 5.91 Å². The molecule has 0 aromatic rings. The van der Waals surface area contributed by atoms with Gasteiger partial charge in [0.1, 0.15) is 0 Å². The van der Waals surface area contributed by atoms with Gasteiger partial charge in [0.05, 0.1) is 0 Å². The van der Waals surface area contributed by atoms with Crippen molar-refractivity contribution in [2.24, 2.45) is 11.3 Å². The molecule has 0 heterocycles. The Morgan fingerprint density at radius 2 is 1.63 bits per heavy atom. The third kappa shape index (κ3) is 4.26. The number of nitrogens with one attached hydrogen (secondary N) is 1. The summed E-state index contributed by atoms with van der Waals surface area (Å²) in [5.74, 6) is -6.10. The van der Waals surface area contributed by atoms with E-state index >= 15 is 0 Å². The zero-order valence-electron chi connectivity index (χ0n) is 9.74. The number of rotatable bonds is 5. The van der Waals surface area contributed by atoms with E-state index in [9.17, 15) is 31.1 Å². The Morgan fingerprint density at radius 3 is 1.95 bits per heavy atom. The van der Waals surface area contributed by atoms with Gasteiger partial charge in [0, 0.05) is 13.2 Å². The highest BCUT2D eigenvalue weighted by Crippen LogP contribution is 2.48. The SMILES string of the molecule is O=C(NCC1(CCO)CC1)C(C(F)(F)F)C(F)(F)F. The third-order valence-electron chi connectivity index (χ3n) is 3.15. The number of carbonyl (C=O) groups is 1. The minimum absolute atomic E-state index is 0.224. The van der Waals surface area contributed by atoms with Crippen molar-refractivity contribution in [1.29, 1.82) is 0 Å². The van der Waals surface area contributed by atoms with Crippen molar-refractivity contribution in [2.75, 3.05) is 13.2 Å². The molecule has 1 fully saturated rings. The lowest BCUT2D eigenvalue weighted by Crippen LogP contribution is -2.49. The van der Waals surface area contributed by atoms with Crippen LogP contribution in [0.25, 0.3) is 0 Å². The maximum absolute atomic E-state index is 12.2. The van der Waals surface area contributed by atoms with Crippen LogP contribution in [-0.2, 0) is 4.79 Å². The summed E-state index contributed by atoms with van der Waals surface area (Å²) < 4.78 is 73.4. The number of alkyl halides is 6. The Hall–Kier alpha value is -0.990. The molecular weight excluding hydrogens is 280 g/mol. The van der Waals surface area contributed by atoms with Crippen LogP contribution < -0.4 is 5.32 Å². The molecule has 19 heavy (non-hydrogen) atoms. The van der Waals surface area contributed by atoms with Crippen LogP contribution in [0.3, 0.4) is 0 Å². The van der Waals surface area contributed by atoms with E-state index in [1.165, 1.54) is 0 Å². The normalized spacial score (nSPS) is 18.5. The van der Waals surface area contributed by atoms with Crippen molar-refractivity contribution in [2.45, 2.75) is 31.6 Å². The standard InChI is InChI=1S/C10H13F6NO2/c11-9(12,13)6(10(14,15)16)7(19)17-5-8(1-2-8)3-4-18/h6,18H,1-5H2,(H,17,19). The molecule has 0 unspecified atom stereocenters. The minimum atomic E-state index is -5.67. The van der Waals surface area contributed by atoms with Crippen molar-refractivity contribution in [3.05, 3.63) is 0 Å². The predicted octanol–water partition coefficient (Wildman–Crippen LogP) is 2.01. The van der Waals surface area contributed by atoms with Crippen LogP contribution >= 0.6 is 0 Å². The summed E-state index contributed by atoms with van der Waals surface area (Å²) in [6.45, 7) is -0.507. The average molecular weight is 293 g/mol. The molecular formula is C10H13F6NO2. The fourth-order valence-electron chi connectivity index (χ4n) is 1.79. The van der Waals surface area contributed by atoms with Crippen LogP contribution in [0.15, 0.2) is 0 Å². The maximum Gasteiger partial charge on any atom is 0.409 e. The Labute approximate surface area is 105 Å². The van der Waals surface area contributed by atoms with Gasteiger partial charge in [-0.1, -0.05) is 0 Å². The van der Waals surface area contributed by atoms with Crippen molar-refractivity contribution in [3.8, 4) is 0 Å². The highest BCUT2D eigenvalue weighted by molar-refractivity contribution is 5.80. The van der Waals surface area contributed by atoms with Crippen molar-refractivity contribution < 1.29 is 36.2 Å². The highest BCUT2D eigenvalue weighted by atomic mass is 19.4. The summed E-state index contributed by atoms with van der Waals surface area (Å²) in [7, 11) is 0. The molecule has 0 aliphatic heterocycles. The number of aliphatic hydroxyl groups is 1. The molecule has 0 radical (unpaired) electrons. The third-order valence-corrected chi connectivity index (χ3v) is 3.15. The van der Waals surface area contributed by atoms with E-state index in [-0.39, 0.29) is 19.6 Å². The predicted molar refractivity (Wildman–Crippen MR) is 52.0 cm³/mol. The Morgan fingerprint density at radius 1 is 1.16 bits per heavy atom. The largest absolute Gasteiger partial charge is 0.409 e. The molecule has 0 spiro atoms. The monoisotopic (exact) mass is 293 g/mol. The molecule has 9 heteroatoms. The number of aliphatic hydroxyl groups excluding tert-OH is 1. The van der Waals surface area contributed by atoms with E-state index in [4.69, 9.17) is 5.11 Å². The molecule has 3 nitrogen and oxygen atoms in total. The molecule has 112 valence electrons. The summed E-state index contributed by atoms with van der Waals surface area (Å²) >= 11 is 0. The Bertz CT molecular complexity index is 320. The smallest absolute Gasteiger partial charge is 0.396 e. The first kappa shape index (κ1) is 16.1. The fraction of sp³-hybridized carbons (Fsp3) is 0.900. The summed E-state index contributed by atoms with van der Waals surface area (Å²) in [4.78, 5) is 11.1. The number of hydrogen-bond acceptors (Lipinski definition) is 2. The van der Waals surface area contributed by atoms with E-state index < -0.39 is 29.6 Å². The molecule has 0 atom stereocenters. The van der Waals surface area contributed by atoms with Gasteiger partial charge in [0.25, 0.3) is 0 Å². The highest BCUT2D eigenvalue weighted by Gasteiger charge is 2.61. The van der Waals surface area contributed by atoms with Gasteiger partial charge in [0.2, 0.25) is 11.8 Å². The fourth-order valence-corrected chi connectivity index (χ4v) is 1.79. The van der Waals surface area contributed by atoms with Crippen LogP contribution in [0.4, 0.5) is 26.3 Å². The summed E-state index contributed by atoms with van der Waals surface area (Å²) in [5.41, 5.74) is -0.549. The second-order valence-corrected chi connectivity index (χ2v) is 4.71. The molecule has 1 rings (SSSR count). The number of amides is 1. The van der Waals surface area contributed by atoms with Crippen molar-refractivity contribution in [1.82, 2.24) is 5.32 Å². The first-order valence-electron chi connectivity index (χ1n) is 5.54. The average Bonchev–Trinajstić information content (AvgIpc) is 2.91. The number of halogens is 6. The second-order valence-electron chi connectivity index (χ2n) is 4.71. The van der Waals surface area contributed by atoms with Gasteiger partial charge in [-0.25, -0.2) is 0 Å². The molecule has 0 aromatic heterocycles. The molecule has 0 aromatic carbocycles. The van der Waals surface area contributed by atoms with Crippen LogP contribution in [0.5, 0.6) is 0 Å². The second kappa shape index (κ2) is 5.18. The van der Waals surface area contributed by atoms with E-state index in [2.05, 4.69) is 0 Å². The number of hydrogen-bond donors (Lipinski definition) is 2. The van der Waals surface area contributed by atoms with Gasteiger partial charge in [0.15, 0.2) is 0 Å². The van der Waals surface area contributed by atoms with Gasteiger partial charge < -0.3 is 10.4 Å². The van der Waals surface area contributed by atoms with Crippen LogP contribution in [-0.4, -0.2) is 36.5 Å². The van der Waals surface area contributed by atoms with Gasteiger partial charge in [-0.15, -0.1) is 0 Å². The lowest BCUT2D eigenvalue weighted by Gasteiger charge is -2.23. The lowest BCUT2D eigenvalue weighted by atomic mass is 10.0. The van der Waals surface area contributed by atoms with E-state index in [0.29, 0.717) is 12.8 Å². The molecule has 0 saturated heterocycles. The minimum Gasteiger partial charge on any atom is -0.396 e. The first-order valence-corrected chi connectivity index (χ1v) is 5.54. The van der Waals surface area contributed by atoms with Gasteiger partial charge in [-0.3, -0.25) is 4.79 Å². The molecule has 1 aliphatic carbocycles. The molecule has 1 amide bonds. The van der Waals surface area contributed by atoms with Gasteiger partial charge in [-0.05, 0) is 24.7 Å².